The van der Waals surface area contributed by atoms with Crippen LogP contribution in [0.2, 0.25) is 0 Å². The lowest BCUT2D eigenvalue weighted by Gasteiger charge is -2.40. The maximum Gasteiger partial charge on any atom is 0.408 e. The fourth-order valence-electron chi connectivity index (χ4n) is 7.50. The summed E-state index contributed by atoms with van der Waals surface area (Å²) in [6.45, 7) is 0.578. The van der Waals surface area contributed by atoms with Gasteiger partial charge in [0.05, 0.1) is 0 Å². The molecule has 5 aromatic rings. The third-order valence-electron chi connectivity index (χ3n) is 10.1. The van der Waals surface area contributed by atoms with Crippen LogP contribution < -0.4 is 10.6 Å². The van der Waals surface area contributed by atoms with Crippen molar-refractivity contribution in [3.63, 3.8) is 0 Å². The second kappa shape index (κ2) is 15.0. The minimum absolute atomic E-state index is 0.226. The van der Waals surface area contributed by atoms with Gasteiger partial charge in [0.1, 0.15) is 11.6 Å². The maximum atomic E-state index is 14.5. The molecule has 0 aliphatic carbocycles. The minimum Gasteiger partial charge on any atom is -0.465 e. The lowest BCUT2D eigenvalue weighted by molar-refractivity contribution is -0.127. The smallest absolute Gasteiger partial charge is 0.408 e. The number of rotatable bonds is 10. The van der Waals surface area contributed by atoms with Gasteiger partial charge >= 0.3 is 12.2 Å². The van der Waals surface area contributed by atoms with Crippen molar-refractivity contribution in [1.29, 1.82) is 0 Å². The first kappa shape index (κ1) is 34.9. The fourth-order valence-corrected chi connectivity index (χ4v) is 7.50. The zero-order valence-electron chi connectivity index (χ0n) is 28.7. The molecule has 4 amide bonds. The van der Waals surface area contributed by atoms with E-state index in [1.165, 1.54) is 4.90 Å². The van der Waals surface area contributed by atoms with Gasteiger partial charge in [0, 0.05) is 42.0 Å². The lowest BCUT2D eigenvalue weighted by atomic mass is 9.75. The quantitative estimate of drug-likeness (QED) is 0.123. The predicted octanol–water partition coefficient (Wildman–Crippen LogP) is 6.65. The summed E-state index contributed by atoms with van der Waals surface area (Å²) in [5.41, 5.74) is 2.78. The highest BCUT2D eigenvalue weighted by atomic mass is 16.4. The molecule has 13 heteroatoms. The Balaban J connectivity index is 1.06. The van der Waals surface area contributed by atoms with E-state index in [0.717, 1.165) is 16.0 Å². The van der Waals surface area contributed by atoms with E-state index in [-0.39, 0.29) is 36.6 Å². The zero-order chi connectivity index (χ0) is 37.0. The molecule has 2 aliphatic heterocycles. The van der Waals surface area contributed by atoms with Gasteiger partial charge in [-0.3, -0.25) is 19.4 Å². The van der Waals surface area contributed by atoms with Crippen LogP contribution in [0, 0.1) is 5.92 Å². The van der Waals surface area contributed by atoms with Crippen LogP contribution in [0.5, 0.6) is 0 Å². The van der Waals surface area contributed by atoms with E-state index < -0.39 is 29.7 Å². The molecule has 1 unspecified atom stereocenters. The van der Waals surface area contributed by atoms with Crippen LogP contribution in [0.25, 0.3) is 22.9 Å². The number of benzene rings is 4. The Morgan fingerprint density at radius 2 is 1.26 bits per heavy atom. The number of nitrogens with zero attached hydrogens (tertiary/aromatic N) is 4. The maximum absolute atomic E-state index is 14.5. The number of anilines is 2. The average Bonchev–Trinajstić information content (AvgIpc) is 3.94. The molecular weight excluding hydrogens is 676 g/mol. The molecule has 2 aliphatic rings. The van der Waals surface area contributed by atoms with Gasteiger partial charge in [-0.15, -0.1) is 10.2 Å². The molecule has 53 heavy (non-hydrogen) atoms. The standard InChI is InChI=1S/C40H38N6O7/c47-34(33-12-7-22-45(33)38(49)50)41-31-17-13-28(14-18-31)35-43-44-36(53-35)29-15-19-32(20-16-29)42-37(48)40(25-27-10-5-2-6-11-27)30(21-23-46(40)39(51)52)24-26-8-3-1-4-9-26/h1-6,8-11,13-20,30,33H,7,12,21-25H2,(H,41,47)(H,42,48)(H,49,50)(H,51,52)/t30?,33-,40-/m0/s1. The molecule has 4 aromatic carbocycles. The van der Waals surface area contributed by atoms with Gasteiger partial charge in [-0.05, 0) is 91.3 Å². The Morgan fingerprint density at radius 1 is 0.698 bits per heavy atom. The van der Waals surface area contributed by atoms with Gasteiger partial charge in [-0.2, -0.15) is 0 Å². The highest BCUT2D eigenvalue weighted by Crippen LogP contribution is 2.41. The molecule has 1 aromatic heterocycles. The molecule has 4 N–H and O–H groups in total. The van der Waals surface area contributed by atoms with Crippen molar-refractivity contribution in [2.24, 2.45) is 5.92 Å². The Morgan fingerprint density at radius 3 is 1.83 bits per heavy atom. The van der Waals surface area contributed by atoms with Gasteiger partial charge in [0.15, 0.2) is 0 Å². The number of hydrogen-bond acceptors (Lipinski definition) is 7. The second-order valence-electron chi connectivity index (χ2n) is 13.3. The van der Waals surface area contributed by atoms with E-state index in [1.807, 2.05) is 60.7 Å². The van der Waals surface area contributed by atoms with E-state index in [9.17, 15) is 29.4 Å². The van der Waals surface area contributed by atoms with Gasteiger partial charge in [-0.25, -0.2) is 9.59 Å². The van der Waals surface area contributed by atoms with Crippen molar-refractivity contribution in [3.8, 4) is 22.9 Å². The van der Waals surface area contributed by atoms with Crippen LogP contribution >= 0.6 is 0 Å². The van der Waals surface area contributed by atoms with E-state index in [4.69, 9.17) is 4.42 Å². The van der Waals surface area contributed by atoms with Crippen molar-refractivity contribution in [2.75, 3.05) is 23.7 Å². The Labute approximate surface area is 305 Å². The molecule has 3 atom stereocenters. The zero-order valence-corrected chi connectivity index (χ0v) is 28.7. The molecule has 13 nitrogen and oxygen atoms in total. The molecule has 2 saturated heterocycles. The summed E-state index contributed by atoms with van der Waals surface area (Å²) in [7, 11) is 0. The number of hydrogen-bond donors (Lipinski definition) is 4. The highest BCUT2D eigenvalue weighted by Gasteiger charge is 2.56. The van der Waals surface area contributed by atoms with Crippen LogP contribution in [-0.2, 0) is 22.4 Å². The van der Waals surface area contributed by atoms with E-state index >= 15 is 0 Å². The molecule has 2 fully saturated rings. The fraction of sp³-hybridized carbons (Fsp3) is 0.250. The van der Waals surface area contributed by atoms with Crippen molar-refractivity contribution in [1.82, 2.24) is 20.0 Å². The van der Waals surface area contributed by atoms with Gasteiger partial charge in [0.2, 0.25) is 17.7 Å². The Kier molecular flexibility index (Phi) is 9.89. The monoisotopic (exact) mass is 714 g/mol. The number of nitrogens with one attached hydrogen (secondary N) is 2. The molecule has 0 bridgehead atoms. The number of carboxylic acid groups (broad SMARTS) is 2. The van der Waals surface area contributed by atoms with Gasteiger partial charge in [-0.1, -0.05) is 60.7 Å². The summed E-state index contributed by atoms with van der Waals surface area (Å²) in [6.07, 6.45) is 0.184. The normalized spacial score (nSPS) is 19.5. The molecule has 0 spiro atoms. The lowest BCUT2D eigenvalue weighted by Crippen LogP contribution is -2.60. The summed E-state index contributed by atoms with van der Waals surface area (Å²) in [5, 5.41) is 33.9. The highest BCUT2D eigenvalue weighted by molar-refractivity contribution is 6.01. The molecule has 7 rings (SSSR count). The van der Waals surface area contributed by atoms with Crippen molar-refractivity contribution in [3.05, 3.63) is 120 Å². The summed E-state index contributed by atoms with van der Waals surface area (Å²) in [4.78, 5) is 53.7. The Bertz CT molecular complexity index is 2090. The van der Waals surface area contributed by atoms with Crippen molar-refractivity contribution in [2.45, 2.75) is 43.7 Å². The number of likely N-dealkylation sites (tertiary alicyclic amines) is 2. The van der Waals surface area contributed by atoms with E-state index in [1.54, 1.807) is 48.5 Å². The molecular formula is C40H38N6O7. The first-order chi connectivity index (χ1) is 25.7. The van der Waals surface area contributed by atoms with Crippen LogP contribution in [0.4, 0.5) is 21.0 Å². The summed E-state index contributed by atoms with van der Waals surface area (Å²) in [6, 6.07) is 32.3. The first-order valence-corrected chi connectivity index (χ1v) is 17.5. The third-order valence-corrected chi connectivity index (χ3v) is 10.1. The predicted molar refractivity (Wildman–Crippen MR) is 196 cm³/mol. The molecule has 3 heterocycles. The van der Waals surface area contributed by atoms with E-state index in [0.29, 0.717) is 54.7 Å². The summed E-state index contributed by atoms with van der Waals surface area (Å²) < 4.78 is 5.95. The number of carbonyl (C=O) groups excluding carboxylic acids is 2. The Hall–Kier alpha value is -6.50. The molecule has 0 saturated carbocycles. The minimum atomic E-state index is -1.35. The van der Waals surface area contributed by atoms with Crippen LogP contribution in [-0.4, -0.2) is 78.9 Å². The number of amides is 4. The van der Waals surface area contributed by atoms with E-state index in [2.05, 4.69) is 20.8 Å². The third kappa shape index (κ3) is 7.31. The largest absolute Gasteiger partial charge is 0.465 e. The SMILES string of the molecule is O=C(Nc1ccc(-c2nnc(-c3ccc(NC(=O)[C@]4(Cc5ccccc5)C(Cc5ccccc5)CCN4C(=O)O)cc3)o2)cc1)[C@@H]1CCCN1C(=O)O. The van der Waals surface area contributed by atoms with Crippen molar-refractivity contribution >= 4 is 35.4 Å². The van der Waals surface area contributed by atoms with Gasteiger partial charge < -0.3 is 25.3 Å². The molecule has 0 radical (unpaired) electrons. The number of aromatic nitrogens is 2. The summed E-state index contributed by atoms with van der Waals surface area (Å²) in [5.74, 6) is -0.528. The topological polar surface area (TPSA) is 178 Å². The van der Waals surface area contributed by atoms with Crippen LogP contribution in [0.1, 0.15) is 30.4 Å². The van der Waals surface area contributed by atoms with Crippen LogP contribution in [0.3, 0.4) is 0 Å². The van der Waals surface area contributed by atoms with Crippen LogP contribution in [0.15, 0.2) is 114 Å². The second-order valence-corrected chi connectivity index (χ2v) is 13.3. The number of carbonyl (C=O) groups is 4. The van der Waals surface area contributed by atoms with Gasteiger partial charge in [0.25, 0.3) is 5.91 Å². The summed E-state index contributed by atoms with van der Waals surface area (Å²) >= 11 is 0. The average molecular weight is 715 g/mol. The first-order valence-electron chi connectivity index (χ1n) is 17.5. The molecule has 270 valence electrons. The van der Waals surface area contributed by atoms with Crippen molar-refractivity contribution < 1.29 is 33.8 Å².